The second-order valence-electron chi connectivity index (χ2n) is 4.22. The summed E-state index contributed by atoms with van der Waals surface area (Å²) in [5.41, 5.74) is 2.51. The van der Waals surface area contributed by atoms with Crippen LogP contribution in [0.3, 0.4) is 0 Å². The van der Waals surface area contributed by atoms with Crippen molar-refractivity contribution in [3.8, 4) is 0 Å². The van der Waals surface area contributed by atoms with E-state index in [4.69, 9.17) is 0 Å². The maximum Gasteiger partial charge on any atom is 0.263 e. The van der Waals surface area contributed by atoms with E-state index in [1.54, 1.807) is 5.51 Å². The van der Waals surface area contributed by atoms with Crippen molar-refractivity contribution in [2.24, 2.45) is 5.92 Å². The smallest absolute Gasteiger partial charge is 0.263 e. The Bertz CT molecular complexity index is 352. The monoisotopic (exact) mass is 304 g/mol. The highest BCUT2D eigenvalue weighted by molar-refractivity contribution is 9.09. The standard InChI is InChI=1S/C11H17BrN2OS/c1-7(2)4-9(5-12)14-11(15)10-8(3)13-6-16-10/h6-7,9H,4-5H2,1-3H3,(H,14,15). The summed E-state index contributed by atoms with van der Waals surface area (Å²) in [5.74, 6) is 0.565. The number of hydrogen-bond acceptors (Lipinski definition) is 3. The van der Waals surface area contributed by atoms with Gasteiger partial charge in [-0.05, 0) is 19.3 Å². The quantitative estimate of drug-likeness (QED) is 0.850. The summed E-state index contributed by atoms with van der Waals surface area (Å²) in [4.78, 5) is 16.7. The Balaban J connectivity index is 2.59. The highest BCUT2D eigenvalue weighted by Crippen LogP contribution is 2.13. The van der Waals surface area contributed by atoms with Gasteiger partial charge in [-0.2, -0.15) is 0 Å². The molecule has 16 heavy (non-hydrogen) atoms. The molecule has 1 atom stereocenters. The lowest BCUT2D eigenvalue weighted by atomic mass is 10.1. The average molecular weight is 305 g/mol. The zero-order chi connectivity index (χ0) is 12.1. The molecule has 0 aliphatic rings. The fourth-order valence-corrected chi connectivity index (χ4v) is 2.63. The SMILES string of the molecule is Cc1ncsc1C(=O)NC(CBr)CC(C)C. The molecule has 0 aliphatic carbocycles. The first-order valence-electron chi connectivity index (χ1n) is 5.31. The van der Waals surface area contributed by atoms with Gasteiger partial charge >= 0.3 is 0 Å². The summed E-state index contributed by atoms with van der Waals surface area (Å²) in [5, 5.41) is 3.81. The number of nitrogens with one attached hydrogen (secondary N) is 1. The molecule has 1 rings (SSSR count). The van der Waals surface area contributed by atoms with Crippen LogP contribution in [-0.4, -0.2) is 22.3 Å². The van der Waals surface area contributed by atoms with Gasteiger partial charge in [0.25, 0.3) is 5.91 Å². The molecule has 1 aromatic heterocycles. The van der Waals surface area contributed by atoms with Crippen LogP contribution in [0.4, 0.5) is 0 Å². The van der Waals surface area contributed by atoms with Gasteiger partial charge in [0, 0.05) is 11.4 Å². The van der Waals surface area contributed by atoms with E-state index in [1.807, 2.05) is 6.92 Å². The fourth-order valence-electron chi connectivity index (χ4n) is 1.50. The number of aryl methyl sites for hydroxylation is 1. The third-order valence-electron chi connectivity index (χ3n) is 2.23. The Morgan fingerprint density at radius 1 is 1.62 bits per heavy atom. The molecule has 0 spiro atoms. The molecular weight excluding hydrogens is 288 g/mol. The van der Waals surface area contributed by atoms with E-state index >= 15 is 0 Å². The van der Waals surface area contributed by atoms with E-state index in [9.17, 15) is 4.79 Å². The highest BCUT2D eigenvalue weighted by atomic mass is 79.9. The van der Waals surface area contributed by atoms with E-state index < -0.39 is 0 Å². The van der Waals surface area contributed by atoms with Crippen molar-refractivity contribution in [1.82, 2.24) is 10.3 Å². The molecule has 1 unspecified atom stereocenters. The number of nitrogens with zero attached hydrogens (tertiary/aromatic N) is 1. The second kappa shape index (κ2) is 6.35. The third kappa shape index (κ3) is 3.87. The van der Waals surface area contributed by atoms with Crippen LogP contribution in [0.1, 0.15) is 35.6 Å². The molecule has 0 saturated carbocycles. The minimum Gasteiger partial charge on any atom is -0.348 e. The van der Waals surface area contributed by atoms with E-state index in [0.29, 0.717) is 5.92 Å². The number of rotatable bonds is 5. The molecule has 1 aromatic rings. The van der Waals surface area contributed by atoms with E-state index in [1.165, 1.54) is 11.3 Å². The lowest BCUT2D eigenvalue weighted by Gasteiger charge is -2.17. The first-order valence-corrected chi connectivity index (χ1v) is 7.31. The first-order chi connectivity index (χ1) is 7.54. The number of amides is 1. The van der Waals surface area contributed by atoms with Gasteiger partial charge in [0.05, 0.1) is 11.2 Å². The van der Waals surface area contributed by atoms with Crippen molar-refractivity contribution >= 4 is 33.2 Å². The Morgan fingerprint density at radius 2 is 2.31 bits per heavy atom. The van der Waals surface area contributed by atoms with Crippen LogP contribution in [-0.2, 0) is 0 Å². The summed E-state index contributed by atoms with van der Waals surface area (Å²) in [6.07, 6.45) is 0.981. The molecule has 0 aromatic carbocycles. The van der Waals surface area contributed by atoms with E-state index in [0.717, 1.165) is 22.3 Å². The molecule has 3 nitrogen and oxygen atoms in total. The lowest BCUT2D eigenvalue weighted by molar-refractivity contribution is 0.0940. The van der Waals surface area contributed by atoms with Crippen molar-refractivity contribution in [1.29, 1.82) is 0 Å². The molecule has 0 fully saturated rings. The van der Waals surface area contributed by atoms with Gasteiger partial charge in [0.15, 0.2) is 0 Å². The van der Waals surface area contributed by atoms with Gasteiger partial charge in [0.1, 0.15) is 4.88 Å². The normalized spacial score (nSPS) is 12.8. The number of carbonyl (C=O) groups excluding carboxylic acids is 1. The van der Waals surface area contributed by atoms with Gasteiger partial charge in [-0.3, -0.25) is 4.79 Å². The molecule has 1 N–H and O–H groups in total. The van der Waals surface area contributed by atoms with Crippen LogP contribution >= 0.6 is 27.3 Å². The van der Waals surface area contributed by atoms with Crippen molar-refractivity contribution in [3.05, 3.63) is 16.1 Å². The Hall–Kier alpha value is -0.420. The maximum absolute atomic E-state index is 11.9. The minimum absolute atomic E-state index is 0.00917. The zero-order valence-corrected chi connectivity index (χ0v) is 12.2. The number of carbonyl (C=O) groups is 1. The Morgan fingerprint density at radius 3 is 2.75 bits per heavy atom. The fraction of sp³-hybridized carbons (Fsp3) is 0.636. The zero-order valence-electron chi connectivity index (χ0n) is 9.79. The number of aromatic nitrogens is 1. The maximum atomic E-state index is 11.9. The minimum atomic E-state index is -0.00917. The van der Waals surface area contributed by atoms with Crippen LogP contribution < -0.4 is 5.32 Å². The highest BCUT2D eigenvalue weighted by Gasteiger charge is 2.16. The molecule has 5 heteroatoms. The molecule has 1 amide bonds. The largest absolute Gasteiger partial charge is 0.348 e. The number of halogens is 1. The van der Waals surface area contributed by atoms with Gasteiger partial charge < -0.3 is 5.32 Å². The average Bonchev–Trinajstić information content (AvgIpc) is 2.62. The van der Waals surface area contributed by atoms with Crippen LogP contribution in [0.15, 0.2) is 5.51 Å². The predicted molar refractivity (Wildman–Crippen MR) is 71.4 cm³/mol. The van der Waals surface area contributed by atoms with Crippen molar-refractivity contribution < 1.29 is 4.79 Å². The molecular formula is C11H17BrN2OS. The van der Waals surface area contributed by atoms with Crippen LogP contribution in [0.2, 0.25) is 0 Å². The first kappa shape index (κ1) is 13.6. The number of alkyl halides is 1. The molecule has 0 bridgehead atoms. The molecule has 0 saturated heterocycles. The van der Waals surface area contributed by atoms with Gasteiger partial charge in [-0.1, -0.05) is 29.8 Å². The van der Waals surface area contributed by atoms with Crippen LogP contribution in [0.25, 0.3) is 0 Å². The van der Waals surface area contributed by atoms with Crippen molar-refractivity contribution in [3.63, 3.8) is 0 Å². The topological polar surface area (TPSA) is 42.0 Å². The van der Waals surface area contributed by atoms with Gasteiger partial charge in [0.2, 0.25) is 0 Å². The number of thiazole rings is 1. The third-order valence-corrected chi connectivity index (χ3v) is 3.94. The van der Waals surface area contributed by atoms with Crippen molar-refractivity contribution in [2.75, 3.05) is 5.33 Å². The predicted octanol–water partition coefficient (Wildman–Crippen LogP) is 2.99. The lowest BCUT2D eigenvalue weighted by Crippen LogP contribution is -2.36. The molecule has 0 aliphatic heterocycles. The second-order valence-corrected chi connectivity index (χ2v) is 5.72. The van der Waals surface area contributed by atoms with Gasteiger partial charge in [-0.15, -0.1) is 11.3 Å². The molecule has 1 heterocycles. The van der Waals surface area contributed by atoms with Crippen LogP contribution in [0.5, 0.6) is 0 Å². The summed E-state index contributed by atoms with van der Waals surface area (Å²) < 4.78 is 0. The summed E-state index contributed by atoms with van der Waals surface area (Å²) in [7, 11) is 0. The Kier molecular flexibility index (Phi) is 5.41. The number of hydrogen-bond donors (Lipinski definition) is 1. The van der Waals surface area contributed by atoms with Crippen LogP contribution in [0, 0.1) is 12.8 Å². The molecule has 90 valence electrons. The summed E-state index contributed by atoms with van der Waals surface area (Å²) in [6, 6.07) is 0.189. The summed E-state index contributed by atoms with van der Waals surface area (Å²) in [6.45, 7) is 6.16. The van der Waals surface area contributed by atoms with Crippen molar-refractivity contribution in [2.45, 2.75) is 33.2 Å². The van der Waals surface area contributed by atoms with E-state index in [-0.39, 0.29) is 11.9 Å². The Labute approximate surface area is 109 Å². The summed E-state index contributed by atoms with van der Waals surface area (Å²) >= 11 is 4.82. The van der Waals surface area contributed by atoms with E-state index in [2.05, 4.69) is 40.1 Å². The molecule has 0 radical (unpaired) electrons. The van der Waals surface area contributed by atoms with Gasteiger partial charge in [-0.25, -0.2) is 4.98 Å².